The van der Waals surface area contributed by atoms with E-state index in [-0.39, 0.29) is 36.9 Å². The number of hydrogen-bond acceptors (Lipinski definition) is 3. The molecular weight excluding hydrogens is 447 g/mol. The summed E-state index contributed by atoms with van der Waals surface area (Å²) in [7, 11) is 0. The number of benzene rings is 2. The van der Waals surface area contributed by atoms with E-state index < -0.39 is 6.04 Å². The largest absolute Gasteiger partial charge is 0.483 e. The molecule has 1 N–H and O–H groups in total. The Morgan fingerprint density at radius 2 is 1.72 bits per heavy atom. The number of para-hydroxylation sites is 1. The Hall–Kier alpha value is -2.24. The molecule has 5 nitrogen and oxygen atoms in total. The third-order valence-electron chi connectivity index (χ3n) is 5.05. The van der Waals surface area contributed by atoms with Gasteiger partial charge in [-0.05, 0) is 55.5 Å². The maximum absolute atomic E-state index is 13.3. The molecule has 0 saturated carbocycles. The highest BCUT2D eigenvalue weighted by Gasteiger charge is 2.29. The van der Waals surface area contributed by atoms with Crippen molar-refractivity contribution >= 4 is 35.0 Å². The van der Waals surface area contributed by atoms with E-state index in [1.165, 1.54) is 0 Å². The van der Waals surface area contributed by atoms with Gasteiger partial charge < -0.3 is 15.0 Å². The van der Waals surface area contributed by atoms with Crippen LogP contribution in [0.15, 0.2) is 42.5 Å². The molecule has 174 valence electrons. The van der Waals surface area contributed by atoms with Gasteiger partial charge in [-0.3, -0.25) is 9.59 Å². The molecule has 2 aromatic carbocycles. The van der Waals surface area contributed by atoms with Gasteiger partial charge in [-0.25, -0.2) is 0 Å². The molecule has 0 bridgehead atoms. The number of hydrogen-bond donors (Lipinski definition) is 1. The van der Waals surface area contributed by atoms with Crippen LogP contribution in [0.3, 0.4) is 0 Å². The van der Waals surface area contributed by atoms with E-state index in [0.29, 0.717) is 22.2 Å². The monoisotopic (exact) mass is 478 g/mol. The van der Waals surface area contributed by atoms with Crippen LogP contribution in [-0.2, 0) is 16.1 Å². The molecule has 0 fully saturated rings. The van der Waals surface area contributed by atoms with Gasteiger partial charge in [0.1, 0.15) is 11.8 Å². The van der Waals surface area contributed by atoms with E-state index in [2.05, 4.69) is 19.2 Å². The fourth-order valence-electron chi connectivity index (χ4n) is 3.45. The van der Waals surface area contributed by atoms with E-state index >= 15 is 0 Å². The van der Waals surface area contributed by atoms with Crippen LogP contribution in [0.4, 0.5) is 0 Å². The van der Waals surface area contributed by atoms with Gasteiger partial charge in [0, 0.05) is 12.6 Å². The summed E-state index contributed by atoms with van der Waals surface area (Å²) in [6.45, 7) is 9.86. The second-order valence-corrected chi connectivity index (χ2v) is 9.15. The van der Waals surface area contributed by atoms with E-state index in [1.54, 1.807) is 23.1 Å². The summed E-state index contributed by atoms with van der Waals surface area (Å²) in [6.07, 6.45) is 0.466. The van der Waals surface area contributed by atoms with Crippen LogP contribution in [0, 0.1) is 0 Å². The summed E-state index contributed by atoms with van der Waals surface area (Å²) >= 11 is 12.2. The van der Waals surface area contributed by atoms with Gasteiger partial charge >= 0.3 is 0 Å². The first-order valence-electron chi connectivity index (χ1n) is 10.9. The molecule has 7 heteroatoms. The van der Waals surface area contributed by atoms with Gasteiger partial charge in [-0.15, -0.1) is 0 Å². The van der Waals surface area contributed by atoms with Crippen LogP contribution in [0.1, 0.15) is 58.1 Å². The first-order valence-corrected chi connectivity index (χ1v) is 11.6. The second kappa shape index (κ2) is 12.1. The van der Waals surface area contributed by atoms with E-state index in [9.17, 15) is 9.59 Å². The van der Waals surface area contributed by atoms with Crippen molar-refractivity contribution in [2.24, 2.45) is 0 Å². The predicted octanol–water partition coefficient (Wildman–Crippen LogP) is 5.83. The van der Waals surface area contributed by atoms with Gasteiger partial charge in [0.2, 0.25) is 5.91 Å². The Balaban J connectivity index is 2.28. The van der Waals surface area contributed by atoms with Crippen molar-refractivity contribution in [3.05, 3.63) is 63.6 Å². The Morgan fingerprint density at radius 1 is 1.03 bits per heavy atom. The molecular formula is C25H32Cl2N2O3. The molecule has 0 unspecified atom stereocenters. The van der Waals surface area contributed by atoms with Crippen LogP contribution in [0.25, 0.3) is 0 Å². The van der Waals surface area contributed by atoms with E-state index in [1.807, 2.05) is 45.0 Å². The Morgan fingerprint density at radius 3 is 2.31 bits per heavy atom. The van der Waals surface area contributed by atoms with Crippen molar-refractivity contribution in [2.75, 3.05) is 6.61 Å². The molecule has 2 rings (SSSR count). The zero-order chi connectivity index (χ0) is 23.8. The summed E-state index contributed by atoms with van der Waals surface area (Å²) in [5.41, 5.74) is 1.81. The highest BCUT2D eigenvalue weighted by atomic mass is 35.5. The third kappa shape index (κ3) is 7.14. The lowest BCUT2D eigenvalue weighted by Gasteiger charge is -2.31. The topological polar surface area (TPSA) is 58.6 Å². The van der Waals surface area contributed by atoms with Crippen molar-refractivity contribution in [2.45, 2.75) is 65.6 Å². The van der Waals surface area contributed by atoms with Gasteiger partial charge in [0.15, 0.2) is 6.61 Å². The first-order chi connectivity index (χ1) is 15.1. The van der Waals surface area contributed by atoms with Gasteiger partial charge in [-0.1, -0.05) is 68.2 Å². The highest BCUT2D eigenvalue weighted by molar-refractivity contribution is 6.42. The maximum atomic E-state index is 13.3. The number of amides is 2. The molecule has 0 aliphatic rings. The molecule has 1 atom stereocenters. The van der Waals surface area contributed by atoms with Crippen molar-refractivity contribution in [1.82, 2.24) is 10.2 Å². The van der Waals surface area contributed by atoms with Crippen LogP contribution in [0.5, 0.6) is 5.75 Å². The zero-order valence-electron chi connectivity index (χ0n) is 19.3. The quantitative estimate of drug-likeness (QED) is 0.467. The summed E-state index contributed by atoms with van der Waals surface area (Å²) in [4.78, 5) is 27.7. The summed E-state index contributed by atoms with van der Waals surface area (Å²) in [5, 5.41) is 3.75. The number of ether oxygens (including phenoxy) is 1. The average Bonchev–Trinajstić information content (AvgIpc) is 2.74. The molecule has 2 aromatic rings. The summed E-state index contributed by atoms with van der Waals surface area (Å²) in [5.74, 6) is 0.456. The summed E-state index contributed by atoms with van der Waals surface area (Å²) < 4.78 is 5.91. The first kappa shape index (κ1) is 26.0. The van der Waals surface area contributed by atoms with Crippen LogP contribution in [-0.4, -0.2) is 35.4 Å². The Bertz CT molecular complexity index is 931. The average molecular weight is 479 g/mol. The lowest BCUT2D eigenvalue weighted by atomic mass is 10.0. The van der Waals surface area contributed by atoms with Crippen molar-refractivity contribution in [3.63, 3.8) is 0 Å². The number of rotatable bonds is 10. The molecule has 32 heavy (non-hydrogen) atoms. The molecule has 0 spiro atoms. The number of halogens is 2. The van der Waals surface area contributed by atoms with Crippen molar-refractivity contribution < 1.29 is 14.3 Å². The second-order valence-electron chi connectivity index (χ2n) is 8.34. The minimum absolute atomic E-state index is 0.0346. The van der Waals surface area contributed by atoms with E-state index in [4.69, 9.17) is 27.9 Å². The standard InChI is InChI=1S/C25H32Cl2N2O3/c1-6-22(25(31)28-17(4)5)29(14-18-11-12-20(26)21(27)13-18)24(30)15-32-23-10-8-7-9-19(23)16(2)3/h7-13,16-17,22H,6,14-15H2,1-5H3,(H,28,31)/t22-/m0/s1. The number of nitrogens with zero attached hydrogens (tertiary/aromatic N) is 1. The smallest absolute Gasteiger partial charge is 0.261 e. The molecule has 0 heterocycles. The van der Waals surface area contributed by atoms with Gasteiger partial charge in [-0.2, -0.15) is 0 Å². The minimum atomic E-state index is -0.636. The van der Waals surface area contributed by atoms with Crippen molar-refractivity contribution in [3.8, 4) is 5.75 Å². The fraction of sp³-hybridized carbons (Fsp3) is 0.440. The van der Waals surface area contributed by atoms with Crippen LogP contribution >= 0.6 is 23.2 Å². The molecule has 0 aliphatic carbocycles. The summed E-state index contributed by atoms with van der Waals surface area (Å²) in [6, 6.07) is 12.2. The Kier molecular flexibility index (Phi) is 9.85. The SMILES string of the molecule is CC[C@@H](C(=O)NC(C)C)N(Cc1ccc(Cl)c(Cl)c1)C(=O)COc1ccccc1C(C)C. The van der Waals surface area contributed by atoms with E-state index in [0.717, 1.165) is 11.1 Å². The Labute approximate surface area is 201 Å². The third-order valence-corrected chi connectivity index (χ3v) is 5.78. The van der Waals surface area contributed by atoms with Crippen LogP contribution in [0.2, 0.25) is 10.0 Å². The minimum Gasteiger partial charge on any atom is -0.483 e. The van der Waals surface area contributed by atoms with Crippen molar-refractivity contribution in [1.29, 1.82) is 0 Å². The normalized spacial score (nSPS) is 12.0. The number of carbonyl (C=O) groups excluding carboxylic acids is 2. The predicted molar refractivity (Wildman–Crippen MR) is 130 cm³/mol. The molecule has 0 aliphatic heterocycles. The highest BCUT2D eigenvalue weighted by Crippen LogP contribution is 2.27. The molecule has 0 aromatic heterocycles. The lowest BCUT2D eigenvalue weighted by molar-refractivity contribution is -0.143. The van der Waals surface area contributed by atoms with Gasteiger partial charge in [0.05, 0.1) is 10.0 Å². The molecule has 0 radical (unpaired) electrons. The zero-order valence-corrected chi connectivity index (χ0v) is 20.8. The molecule has 2 amide bonds. The van der Waals surface area contributed by atoms with Gasteiger partial charge in [0.25, 0.3) is 5.91 Å². The fourth-order valence-corrected chi connectivity index (χ4v) is 3.77. The number of carbonyl (C=O) groups is 2. The number of nitrogens with one attached hydrogen (secondary N) is 1. The lowest BCUT2D eigenvalue weighted by Crippen LogP contribution is -2.51. The van der Waals surface area contributed by atoms with Crippen LogP contribution < -0.4 is 10.1 Å². The maximum Gasteiger partial charge on any atom is 0.261 e. The molecule has 0 saturated heterocycles.